The minimum Gasteiger partial charge on any atom is -0.355 e. The number of hydrogen-bond donors (Lipinski definition) is 1. The molecular formula is C19H19N3O3. The Morgan fingerprint density at radius 1 is 1.28 bits per heavy atom. The van der Waals surface area contributed by atoms with Crippen molar-refractivity contribution < 1.29 is 9.59 Å². The molecule has 3 rings (SSSR count). The van der Waals surface area contributed by atoms with Gasteiger partial charge in [0.2, 0.25) is 0 Å². The lowest BCUT2D eigenvalue weighted by Gasteiger charge is -2.10. The molecule has 0 spiro atoms. The molecule has 1 saturated carbocycles. The second-order valence-electron chi connectivity index (χ2n) is 6.15. The average Bonchev–Trinajstić information content (AvgIpc) is 3.31. The molecule has 1 fully saturated rings. The molecule has 0 bridgehead atoms. The Morgan fingerprint density at radius 2 is 1.96 bits per heavy atom. The van der Waals surface area contributed by atoms with E-state index in [1.54, 1.807) is 0 Å². The molecule has 1 aromatic heterocycles. The third-order valence-corrected chi connectivity index (χ3v) is 4.17. The number of nitrogens with one attached hydrogen (secondary N) is 1. The first-order valence-corrected chi connectivity index (χ1v) is 8.12. The molecule has 1 N–H and O–H groups in total. The van der Waals surface area contributed by atoms with Crippen molar-refractivity contribution in [1.82, 2.24) is 9.88 Å². The highest BCUT2D eigenvalue weighted by atomic mass is 16.2. The Hall–Kier alpha value is -3.02. The van der Waals surface area contributed by atoms with Crippen LogP contribution in [0.25, 0.3) is 0 Å². The molecule has 6 nitrogen and oxygen atoms in total. The number of aromatic nitrogens is 1. The zero-order chi connectivity index (χ0) is 18.0. The minimum atomic E-state index is -0.520. The Labute approximate surface area is 145 Å². The predicted octanol–water partition coefficient (Wildman–Crippen LogP) is 1.88. The fraction of sp³-hybridized carbons (Fsp3) is 0.263. The lowest BCUT2D eigenvalue weighted by molar-refractivity contribution is 0.0961. The third-order valence-electron chi connectivity index (χ3n) is 4.17. The number of rotatable bonds is 4. The van der Waals surface area contributed by atoms with Gasteiger partial charge in [-0.15, -0.1) is 0 Å². The zero-order valence-corrected chi connectivity index (χ0v) is 14.2. The van der Waals surface area contributed by atoms with Crippen molar-refractivity contribution >= 4 is 17.5 Å². The van der Waals surface area contributed by atoms with Gasteiger partial charge in [-0.3, -0.25) is 14.4 Å². The van der Waals surface area contributed by atoms with Crippen LogP contribution in [0.5, 0.6) is 0 Å². The van der Waals surface area contributed by atoms with E-state index in [9.17, 15) is 14.4 Å². The van der Waals surface area contributed by atoms with Gasteiger partial charge in [-0.1, -0.05) is 37.3 Å². The highest BCUT2D eigenvalue weighted by Gasteiger charge is 2.28. The molecule has 25 heavy (non-hydrogen) atoms. The maximum absolute atomic E-state index is 12.6. The van der Waals surface area contributed by atoms with Gasteiger partial charge >= 0.3 is 0 Å². The van der Waals surface area contributed by atoms with E-state index >= 15 is 0 Å². The molecule has 1 atom stereocenters. The van der Waals surface area contributed by atoms with Gasteiger partial charge in [-0.05, 0) is 24.0 Å². The van der Waals surface area contributed by atoms with Gasteiger partial charge in [0.25, 0.3) is 17.4 Å². The monoisotopic (exact) mass is 337 g/mol. The summed E-state index contributed by atoms with van der Waals surface area (Å²) in [5.41, 5.74) is 1.49. The fourth-order valence-electron chi connectivity index (χ4n) is 2.55. The number of aliphatic imine (C=N–C) groups is 1. The largest absolute Gasteiger partial charge is 0.355 e. The van der Waals surface area contributed by atoms with Gasteiger partial charge in [0, 0.05) is 19.0 Å². The average molecular weight is 337 g/mol. The van der Waals surface area contributed by atoms with Crippen LogP contribution in [0, 0.1) is 5.92 Å². The van der Waals surface area contributed by atoms with Crippen LogP contribution in [0.1, 0.15) is 39.6 Å². The highest BCUT2D eigenvalue weighted by Crippen LogP contribution is 2.25. The van der Waals surface area contributed by atoms with Crippen LogP contribution >= 0.6 is 0 Å². The number of pyridine rings is 1. The first kappa shape index (κ1) is 16.8. The van der Waals surface area contributed by atoms with E-state index in [2.05, 4.69) is 10.3 Å². The van der Waals surface area contributed by atoms with Crippen molar-refractivity contribution in [3.63, 3.8) is 0 Å². The first-order chi connectivity index (χ1) is 12.0. The quantitative estimate of drug-likeness (QED) is 0.925. The van der Waals surface area contributed by atoms with E-state index in [-0.39, 0.29) is 17.7 Å². The first-order valence-electron chi connectivity index (χ1n) is 8.12. The number of hydrogen-bond acceptors (Lipinski definition) is 3. The van der Waals surface area contributed by atoms with Gasteiger partial charge in [-0.25, -0.2) is 4.99 Å². The maximum atomic E-state index is 12.6. The van der Waals surface area contributed by atoms with Crippen LogP contribution in [-0.4, -0.2) is 29.1 Å². The van der Waals surface area contributed by atoms with Crippen molar-refractivity contribution in [2.75, 3.05) is 7.05 Å². The van der Waals surface area contributed by atoms with Gasteiger partial charge < -0.3 is 9.88 Å². The molecule has 128 valence electrons. The molecule has 1 aliphatic rings. The van der Waals surface area contributed by atoms with Gasteiger partial charge in [-0.2, -0.15) is 0 Å². The van der Waals surface area contributed by atoms with E-state index in [4.69, 9.17) is 0 Å². The standard InChI is InChI=1S/C19H19N3O3/c1-12-8-16(12)21-17(23)14-9-15(18(24)20-2)19(25)22(11-14)10-13-6-4-3-5-7-13/h3-7,9,11-12H,8,10H2,1-2H3,(H,20,24)/t12-/m1/s1. The van der Waals surface area contributed by atoms with Crippen molar-refractivity contribution in [2.24, 2.45) is 10.9 Å². The van der Waals surface area contributed by atoms with E-state index in [1.165, 1.54) is 23.9 Å². The Bertz CT molecular complexity index is 913. The van der Waals surface area contributed by atoms with Crippen molar-refractivity contribution in [3.05, 3.63) is 69.6 Å². The summed E-state index contributed by atoms with van der Waals surface area (Å²) in [5.74, 6) is -0.613. The second-order valence-corrected chi connectivity index (χ2v) is 6.15. The van der Waals surface area contributed by atoms with Crippen LogP contribution in [0.4, 0.5) is 0 Å². The summed E-state index contributed by atoms with van der Waals surface area (Å²) in [6, 6.07) is 10.7. The van der Waals surface area contributed by atoms with E-state index < -0.39 is 17.4 Å². The molecule has 6 heteroatoms. The molecule has 0 aliphatic heterocycles. The zero-order valence-electron chi connectivity index (χ0n) is 14.2. The molecule has 0 saturated heterocycles. The minimum absolute atomic E-state index is 0.0617. The smallest absolute Gasteiger partial charge is 0.278 e. The number of carbonyl (C=O) groups excluding carboxylic acids is 2. The molecular weight excluding hydrogens is 318 g/mol. The molecule has 2 aromatic rings. The van der Waals surface area contributed by atoms with E-state index in [0.29, 0.717) is 5.92 Å². The summed E-state index contributed by atoms with van der Waals surface area (Å²) in [5, 5.41) is 2.44. The molecule has 1 aliphatic carbocycles. The summed E-state index contributed by atoms with van der Waals surface area (Å²) in [6.07, 6.45) is 2.29. The predicted molar refractivity (Wildman–Crippen MR) is 95.2 cm³/mol. The molecule has 1 aromatic carbocycles. The number of nitrogens with zero attached hydrogens (tertiary/aromatic N) is 2. The molecule has 0 radical (unpaired) electrons. The highest BCUT2D eigenvalue weighted by molar-refractivity contribution is 6.11. The van der Waals surface area contributed by atoms with Crippen LogP contribution < -0.4 is 10.9 Å². The molecule has 0 unspecified atom stereocenters. The normalized spacial score (nSPS) is 17.4. The van der Waals surface area contributed by atoms with E-state index in [0.717, 1.165) is 17.7 Å². The number of benzene rings is 1. The van der Waals surface area contributed by atoms with Crippen molar-refractivity contribution in [3.8, 4) is 0 Å². The fourth-order valence-corrected chi connectivity index (χ4v) is 2.55. The van der Waals surface area contributed by atoms with Crippen LogP contribution in [0.15, 0.2) is 52.4 Å². The number of carbonyl (C=O) groups is 2. The van der Waals surface area contributed by atoms with Crippen LogP contribution in [0.2, 0.25) is 0 Å². The molecule has 1 heterocycles. The van der Waals surface area contributed by atoms with Gasteiger partial charge in [0.15, 0.2) is 0 Å². The second kappa shape index (κ2) is 6.84. The lowest BCUT2D eigenvalue weighted by atomic mass is 10.1. The van der Waals surface area contributed by atoms with Crippen molar-refractivity contribution in [2.45, 2.75) is 19.9 Å². The van der Waals surface area contributed by atoms with E-state index in [1.807, 2.05) is 37.3 Å². The lowest BCUT2D eigenvalue weighted by Crippen LogP contribution is -2.32. The Morgan fingerprint density at radius 3 is 2.56 bits per heavy atom. The van der Waals surface area contributed by atoms with Crippen molar-refractivity contribution in [1.29, 1.82) is 0 Å². The maximum Gasteiger partial charge on any atom is 0.278 e. The van der Waals surface area contributed by atoms with Gasteiger partial charge in [0.05, 0.1) is 12.1 Å². The summed E-state index contributed by atoms with van der Waals surface area (Å²) < 4.78 is 1.38. The summed E-state index contributed by atoms with van der Waals surface area (Å²) in [6.45, 7) is 2.27. The Balaban J connectivity index is 2.03. The SMILES string of the molecule is CNC(=O)c1cc(C(=O)N=C2C[C@H]2C)cn(Cc2ccccc2)c1=O. The summed E-state index contributed by atoms with van der Waals surface area (Å²) >= 11 is 0. The Kier molecular flexibility index (Phi) is 4.61. The topological polar surface area (TPSA) is 80.5 Å². The van der Waals surface area contributed by atoms with Gasteiger partial charge in [0.1, 0.15) is 5.56 Å². The summed E-state index contributed by atoms with van der Waals surface area (Å²) in [7, 11) is 1.45. The molecule has 2 amide bonds. The van der Waals surface area contributed by atoms with Crippen LogP contribution in [0.3, 0.4) is 0 Å². The van der Waals surface area contributed by atoms with Crippen LogP contribution in [-0.2, 0) is 6.54 Å². The summed E-state index contributed by atoms with van der Waals surface area (Å²) in [4.78, 5) is 41.1. The number of amides is 2. The third kappa shape index (κ3) is 3.74.